The molecule has 1 fully saturated rings. The monoisotopic (exact) mass is 346 g/mol. The maximum Gasteiger partial charge on any atom is 0.321 e. The summed E-state index contributed by atoms with van der Waals surface area (Å²) in [5.41, 5.74) is 2.03. The molecular formula is C18H26N4O3. The summed E-state index contributed by atoms with van der Waals surface area (Å²) < 4.78 is 0. The van der Waals surface area contributed by atoms with E-state index in [0.717, 1.165) is 18.4 Å². The zero-order valence-corrected chi connectivity index (χ0v) is 15.0. The Morgan fingerprint density at radius 2 is 2.04 bits per heavy atom. The first-order chi connectivity index (χ1) is 11.9. The molecule has 7 heteroatoms. The molecule has 2 rings (SSSR count). The summed E-state index contributed by atoms with van der Waals surface area (Å²) in [6.45, 7) is 7.04. The van der Waals surface area contributed by atoms with Gasteiger partial charge in [0, 0.05) is 43.9 Å². The first-order valence-corrected chi connectivity index (χ1v) is 8.62. The molecule has 0 spiro atoms. The number of amides is 4. The van der Waals surface area contributed by atoms with Gasteiger partial charge in [-0.15, -0.1) is 0 Å². The summed E-state index contributed by atoms with van der Waals surface area (Å²) >= 11 is 0. The molecule has 1 unspecified atom stereocenters. The highest BCUT2D eigenvalue weighted by Gasteiger charge is 2.27. The molecule has 1 aromatic carbocycles. The first-order valence-electron chi connectivity index (χ1n) is 8.62. The van der Waals surface area contributed by atoms with Crippen LogP contribution >= 0.6 is 0 Å². The van der Waals surface area contributed by atoms with E-state index in [1.165, 1.54) is 6.92 Å². The molecule has 0 bridgehead atoms. The van der Waals surface area contributed by atoms with E-state index in [4.69, 9.17) is 0 Å². The van der Waals surface area contributed by atoms with Gasteiger partial charge in [0.2, 0.25) is 5.91 Å². The lowest BCUT2D eigenvalue weighted by Crippen LogP contribution is -2.39. The molecule has 136 valence electrons. The lowest BCUT2D eigenvalue weighted by Gasteiger charge is -2.19. The highest BCUT2D eigenvalue weighted by atomic mass is 16.2. The van der Waals surface area contributed by atoms with Crippen LogP contribution in [0.15, 0.2) is 18.2 Å². The molecule has 1 aromatic rings. The average Bonchev–Trinajstić information content (AvgIpc) is 3.02. The summed E-state index contributed by atoms with van der Waals surface area (Å²) in [6.07, 6.45) is 1.61. The second-order valence-corrected chi connectivity index (χ2v) is 6.35. The van der Waals surface area contributed by atoms with E-state index in [-0.39, 0.29) is 23.9 Å². The fraction of sp³-hybridized carbons (Fsp3) is 0.500. The van der Waals surface area contributed by atoms with Crippen LogP contribution in [-0.2, 0) is 4.79 Å². The maximum atomic E-state index is 12.5. The van der Waals surface area contributed by atoms with E-state index < -0.39 is 0 Å². The van der Waals surface area contributed by atoms with Crippen LogP contribution in [0.5, 0.6) is 0 Å². The highest BCUT2D eigenvalue weighted by molar-refractivity contribution is 5.97. The van der Waals surface area contributed by atoms with Crippen molar-refractivity contribution in [2.24, 2.45) is 0 Å². The Labute approximate surface area is 148 Å². The molecule has 1 heterocycles. The van der Waals surface area contributed by atoms with Gasteiger partial charge in [-0.25, -0.2) is 4.79 Å². The Balaban J connectivity index is 2.00. The SMILES string of the molecule is CCCNC(=O)c1ccc(C)c(NC(=O)N2CCC(NC(C)=O)C2)c1. The Morgan fingerprint density at radius 1 is 1.28 bits per heavy atom. The average molecular weight is 346 g/mol. The van der Waals surface area contributed by atoms with E-state index in [0.29, 0.717) is 30.9 Å². The van der Waals surface area contributed by atoms with E-state index in [1.807, 2.05) is 19.9 Å². The zero-order chi connectivity index (χ0) is 18.4. The van der Waals surface area contributed by atoms with Gasteiger partial charge in [-0.2, -0.15) is 0 Å². The minimum absolute atomic E-state index is 0.00416. The number of rotatable bonds is 5. The van der Waals surface area contributed by atoms with Crippen LogP contribution in [0.2, 0.25) is 0 Å². The molecular weight excluding hydrogens is 320 g/mol. The fourth-order valence-electron chi connectivity index (χ4n) is 2.78. The van der Waals surface area contributed by atoms with Gasteiger partial charge in [-0.1, -0.05) is 13.0 Å². The number of aryl methyl sites for hydroxylation is 1. The fourth-order valence-corrected chi connectivity index (χ4v) is 2.78. The van der Waals surface area contributed by atoms with Crippen molar-refractivity contribution in [1.29, 1.82) is 0 Å². The molecule has 0 radical (unpaired) electrons. The number of nitrogens with one attached hydrogen (secondary N) is 3. The lowest BCUT2D eigenvalue weighted by molar-refractivity contribution is -0.119. The summed E-state index contributed by atoms with van der Waals surface area (Å²) in [5.74, 6) is -0.238. The standard InChI is InChI=1S/C18H26N4O3/c1-4-8-19-17(24)14-6-5-12(2)16(10-14)21-18(25)22-9-7-15(11-22)20-13(3)23/h5-6,10,15H,4,7-9,11H2,1-3H3,(H,19,24)(H,20,23)(H,21,25). The van der Waals surface area contributed by atoms with Gasteiger partial charge in [0.1, 0.15) is 0 Å². The Morgan fingerprint density at radius 3 is 2.72 bits per heavy atom. The number of hydrogen-bond donors (Lipinski definition) is 3. The van der Waals surface area contributed by atoms with Crippen molar-refractivity contribution < 1.29 is 14.4 Å². The molecule has 0 aromatic heterocycles. The van der Waals surface area contributed by atoms with Gasteiger partial charge in [0.25, 0.3) is 5.91 Å². The van der Waals surface area contributed by atoms with Crippen LogP contribution in [0, 0.1) is 6.92 Å². The van der Waals surface area contributed by atoms with Crippen molar-refractivity contribution in [3.05, 3.63) is 29.3 Å². The Kier molecular flexibility index (Phi) is 6.38. The number of hydrogen-bond acceptors (Lipinski definition) is 3. The van der Waals surface area contributed by atoms with Gasteiger partial charge in [-0.05, 0) is 37.5 Å². The number of urea groups is 1. The molecule has 7 nitrogen and oxygen atoms in total. The smallest absolute Gasteiger partial charge is 0.321 e. The number of nitrogens with zero attached hydrogens (tertiary/aromatic N) is 1. The Hall–Kier alpha value is -2.57. The van der Waals surface area contributed by atoms with Crippen LogP contribution in [0.4, 0.5) is 10.5 Å². The second kappa shape index (κ2) is 8.50. The third kappa shape index (κ3) is 5.20. The summed E-state index contributed by atoms with van der Waals surface area (Å²) in [5, 5.41) is 8.53. The predicted molar refractivity (Wildman–Crippen MR) is 96.6 cm³/mol. The third-order valence-corrected chi connectivity index (χ3v) is 4.16. The van der Waals surface area contributed by atoms with Crippen molar-refractivity contribution >= 4 is 23.5 Å². The molecule has 1 saturated heterocycles. The predicted octanol–water partition coefficient (Wildman–Crippen LogP) is 1.88. The van der Waals surface area contributed by atoms with Gasteiger partial charge < -0.3 is 20.9 Å². The first kappa shape index (κ1) is 18.8. The summed E-state index contributed by atoms with van der Waals surface area (Å²) in [6, 6.07) is 5.04. The Bertz CT molecular complexity index is 660. The molecule has 4 amide bonds. The third-order valence-electron chi connectivity index (χ3n) is 4.16. The molecule has 1 aliphatic rings. The van der Waals surface area contributed by atoms with Crippen molar-refractivity contribution in [2.45, 2.75) is 39.7 Å². The zero-order valence-electron chi connectivity index (χ0n) is 15.0. The van der Waals surface area contributed by atoms with Gasteiger partial charge in [0.15, 0.2) is 0 Å². The van der Waals surface area contributed by atoms with Crippen LogP contribution in [0.3, 0.4) is 0 Å². The summed E-state index contributed by atoms with van der Waals surface area (Å²) in [4.78, 5) is 37.3. The van der Waals surface area contributed by atoms with E-state index in [2.05, 4.69) is 16.0 Å². The van der Waals surface area contributed by atoms with Gasteiger partial charge >= 0.3 is 6.03 Å². The van der Waals surface area contributed by atoms with Crippen LogP contribution in [-0.4, -0.2) is 48.4 Å². The topological polar surface area (TPSA) is 90.5 Å². The second-order valence-electron chi connectivity index (χ2n) is 6.35. The largest absolute Gasteiger partial charge is 0.352 e. The van der Waals surface area contributed by atoms with Crippen molar-refractivity contribution in [1.82, 2.24) is 15.5 Å². The van der Waals surface area contributed by atoms with Crippen LogP contribution in [0.25, 0.3) is 0 Å². The normalized spacial score (nSPS) is 16.4. The van der Waals surface area contributed by atoms with E-state index >= 15 is 0 Å². The number of carbonyl (C=O) groups is 3. The van der Waals surface area contributed by atoms with Gasteiger partial charge in [0.05, 0.1) is 0 Å². The highest BCUT2D eigenvalue weighted by Crippen LogP contribution is 2.19. The minimum atomic E-state index is -0.220. The molecule has 3 N–H and O–H groups in total. The van der Waals surface area contributed by atoms with E-state index in [1.54, 1.807) is 17.0 Å². The molecule has 0 aliphatic carbocycles. The quantitative estimate of drug-likeness (QED) is 0.760. The van der Waals surface area contributed by atoms with Crippen molar-refractivity contribution in [2.75, 3.05) is 25.0 Å². The van der Waals surface area contributed by atoms with E-state index in [9.17, 15) is 14.4 Å². The van der Waals surface area contributed by atoms with Crippen molar-refractivity contribution in [3.63, 3.8) is 0 Å². The van der Waals surface area contributed by atoms with Gasteiger partial charge in [-0.3, -0.25) is 9.59 Å². The van der Waals surface area contributed by atoms with Crippen molar-refractivity contribution in [3.8, 4) is 0 Å². The number of carbonyl (C=O) groups excluding carboxylic acids is 3. The molecule has 1 atom stereocenters. The maximum absolute atomic E-state index is 12.5. The number of anilines is 1. The molecule has 0 saturated carbocycles. The summed E-state index contributed by atoms with van der Waals surface area (Å²) in [7, 11) is 0. The number of benzene rings is 1. The molecule has 25 heavy (non-hydrogen) atoms. The van der Waals surface area contributed by atoms with Crippen LogP contribution < -0.4 is 16.0 Å². The minimum Gasteiger partial charge on any atom is -0.352 e. The number of likely N-dealkylation sites (tertiary alicyclic amines) is 1. The lowest BCUT2D eigenvalue weighted by atomic mass is 10.1. The van der Waals surface area contributed by atoms with Crippen LogP contribution in [0.1, 0.15) is 42.6 Å². The molecule has 1 aliphatic heterocycles.